The molecule has 0 fully saturated rings. The van der Waals surface area contributed by atoms with Crippen LogP contribution in [0.4, 0.5) is 5.69 Å². The molecule has 1 aromatic heterocycles. The molecule has 0 aliphatic rings. The van der Waals surface area contributed by atoms with Crippen LogP contribution >= 0.6 is 0 Å². The van der Waals surface area contributed by atoms with Crippen molar-refractivity contribution in [2.75, 3.05) is 10.5 Å². The van der Waals surface area contributed by atoms with E-state index in [2.05, 4.69) is 9.82 Å². The first kappa shape index (κ1) is 12.0. The van der Waals surface area contributed by atoms with E-state index in [1.165, 1.54) is 6.20 Å². The van der Waals surface area contributed by atoms with E-state index in [9.17, 15) is 8.42 Å². The average Bonchev–Trinajstić information content (AvgIpc) is 2.51. The van der Waals surface area contributed by atoms with Crippen molar-refractivity contribution in [1.82, 2.24) is 9.78 Å². The second-order valence-electron chi connectivity index (χ2n) is 3.72. The van der Waals surface area contributed by atoms with Crippen molar-refractivity contribution in [3.8, 4) is 0 Å². The Labute approximate surface area is 90.5 Å². The first-order valence-corrected chi connectivity index (χ1v) is 6.64. The maximum absolute atomic E-state index is 11.4. The van der Waals surface area contributed by atoms with Crippen molar-refractivity contribution >= 4 is 15.7 Å². The van der Waals surface area contributed by atoms with Gasteiger partial charge in [-0.1, -0.05) is 6.92 Å². The Morgan fingerprint density at radius 2 is 2.20 bits per heavy atom. The summed E-state index contributed by atoms with van der Waals surface area (Å²) in [5, 5.41) is 4.05. The molecule has 0 atom stereocenters. The third-order valence-corrected chi connectivity index (χ3v) is 3.37. The molecule has 15 heavy (non-hydrogen) atoms. The van der Waals surface area contributed by atoms with E-state index in [0.29, 0.717) is 12.1 Å². The predicted molar refractivity (Wildman–Crippen MR) is 60.3 cm³/mol. The van der Waals surface area contributed by atoms with Crippen LogP contribution in [0.5, 0.6) is 0 Å². The first-order chi connectivity index (χ1) is 6.94. The lowest BCUT2D eigenvalue weighted by atomic mass is 10.4. The third-order valence-electron chi connectivity index (χ3n) is 1.88. The van der Waals surface area contributed by atoms with Crippen molar-refractivity contribution in [1.29, 1.82) is 0 Å². The summed E-state index contributed by atoms with van der Waals surface area (Å²) in [4.78, 5) is 0. The van der Waals surface area contributed by atoms with Gasteiger partial charge in [-0.05, 0) is 20.3 Å². The molecule has 1 N–H and O–H groups in total. The van der Waals surface area contributed by atoms with Crippen LogP contribution in [0.15, 0.2) is 12.4 Å². The van der Waals surface area contributed by atoms with Crippen LogP contribution in [0.1, 0.15) is 33.2 Å². The summed E-state index contributed by atoms with van der Waals surface area (Å²) < 4.78 is 27.1. The minimum atomic E-state index is -3.20. The normalized spacial score (nSPS) is 12.0. The van der Waals surface area contributed by atoms with Gasteiger partial charge in [0, 0.05) is 12.2 Å². The van der Waals surface area contributed by atoms with Crippen molar-refractivity contribution in [3.05, 3.63) is 12.4 Å². The van der Waals surface area contributed by atoms with Gasteiger partial charge in [0.25, 0.3) is 0 Å². The second kappa shape index (κ2) is 4.65. The molecule has 5 nitrogen and oxygen atoms in total. The van der Waals surface area contributed by atoms with Crippen molar-refractivity contribution in [2.45, 2.75) is 33.2 Å². The van der Waals surface area contributed by atoms with E-state index < -0.39 is 10.0 Å². The molecule has 0 aliphatic carbocycles. The van der Waals surface area contributed by atoms with Gasteiger partial charge in [-0.25, -0.2) is 8.42 Å². The van der Waals surface area contributed by atoms with Gasteiger partial charge in [-0.2, -0.15) is 5.10 Å². The molecule has 0 bridgehead atoms. The van der Waals surface area contributed by atoms with Crippen LogP contribution in [-0.4, -0.2) is 24.0 Å². The predicted octanol–water partition coefficient (Wildman–Crippen LogP) is 1.62. The number of anilines is 1. The Kier molecular flexibility index (Phi) is 3.73. The van der Waals surface area contributed by atoms with Crippen LogP contribution in [0.25, 0.3) is 0 Å². The molecule has 0 amide bonds. The fourth-order valence-electron chi connectivity index (χ4n) is 1.17. The van der Waals surface area contributed by atoms with Gasteiger partial charge in [0.1, 0.15) is 0 Å². The minimum absolute atomic E-state index is 0.139. The Balaban J connectivity index is 2.73. The average molecular weight is 231 g/mol. The van der Waals surface area contributed by atoms with Crippen LogP contribution < -0.4 is 4.72 Å². The fourth-order valence-corrected chi connectivity index (χ4v) is 2.28. The number of nitrogens with zero attached hydrogens (tertiary/aromatic N) is 2. The van der Waals surface area contributed by atoms with Crippen LogP contribution in [-0.2, 0) is 10.0 Å². The smallest absolute Gasteiger partial charge is 0.232 e. The molecule has 0 spiro atoms. The summed E-state index contributed by atoms with van der Waals surface area (Å²) in [5.74, 6) is 0.139. The molecule has 1 rings (SSSR count). The van der Waals surface area contributed by atoms with Crippen molar-refractivity contribution < 1.29 is 8.42 Å². The lowest BCUT2D eigenvalue weighted by Gasteiger charge is -2.04. The summed E-state index contributed by atoms with van der Waals surface area (Å²) in [6.45, 7) is 5.80. The second-order valence-corrected chi connectivity index (χ2v) is 5.57. The summed E-state index contributed by atoms with van der Waals surface area (Å²) in [6, 6.07) is 0.231. The van der Waals surface area contributed by atoms with Gasteiger partial charge in [0.2, 0.25) is 10.0 Å². The third kappa shape index (κ3) is 3.54. The quantitative estimate of drug-likeness (QED) is 0.837. The number of sulfonamides is 1. The lowest BCUT2D eigenvalue weighted by molar-refractivity contribution is 0.532. The molecule has 0 saturated heterocycles. The summed E-state index contributed by atoms with van der Waals surface area (Å²) in [7, 11) is -3.20. The van der Waals surface area contributed by atoms with E-state index in [1.54, 1.807) is 10.9 Å². The topological polar surface area (TPSA) is 64.0 Å². The highest BCUT2D eigenvalue weighted by atomic mass is 32.2. The van der Waals surface area contributed by atoms with Gasteiger partial charge >= 0.3 is 0 Å². The standard InChI is InChI=1S/C9H17N3O2S/c1-4-5-15(13,14)11-9-6-10-12(7-9)8(2)3/h6-8,11H,4-5H2,1-3H3. The number of aromatic nitrogens is 2. The zero-order chi connectivity index (χ0) is 11.5. The number of hydrogen-bond donors (Lipinski definition) is 1. The van der Waals surface area contributed by atoms with Crippen LogP contribution in [0.2, 0.25) is 0 Å². The summed E-state index contributed by atoms with van der Waals surface area (Å²) >= 11 is 0. The highest BCUT2D eigenvalue weighted by molar-refractivity contribution is 7.92. The van der Waals surface area contributed by atoms with Crippen molar-refractivity contribution in [2.24, 2.45) is 0 Å². The molecule has 0 aromatic carbocycles. The Morgan fingerprint density at radius 1 is 1.53 bits per heavy atom. The highest BCUT2D eigenvalue weighted by Crippen LogP contribution is 2.11. The zero-order valence-corrected chi connectivity index (χ0v) is 10.1. The van der Waals surface area contributed by atoms with Gasteiger partial charge in [0.15, 0.2) is 0 Å². The molecule has 86 valence electrons. The largest absolute Gasteiger partial charge is 0.280 e. The summed E-state index contributed by atoms with van der Waals surface area (Å²) in [6.07, 6.45) is 3.82. The molecule has 0 saturated carbocycles. The minimum Gasteiger partial charge on any atom is -0.280 e. The van der Waals surface area contributed by atoms with Crippen molar-refractivity contribution in [3.63, 3.8) is 0 Å². The first-order valence-electron chi connectivity index (χ1n) is 4.99. The molecule has 6 heteroatoms. The Hall–Kier alpha value is -1.04. The van der Waals surface area contributed by atoms with E-state index in [0.717, 1.165) is 0 Å². The number of nitrogens with one attached hydrogen (secondary N) is 1. The fraction of sp³-hybridized carbons (Fsp3) is 0.667. The molecule has 0 unspecified atom stereocenters. The van der Waals surface area contributed by atoms with Gasteiger partial charge in [0.05, 0.1) is 17.6 Å². The van der Waals surface area contributed by atoms with E-state index >= 15 is 0 Å². The molecule has 1 aromatic rings. The van der Waals surface area contributed by atoms with E-state index in [4.69, 9.17) is 0 Å². The highest BCUT2D eigenvalue weighted by Gasteiger charge is 2.10. The monoisotopic (exact) mass is 231 g/mol. The van der Waals surface area contributed by atoms with Gasteiger partial charge in [-0.15, -0.1) is 0 Å². The van der Waals surface area contributed by atoms with E-state index in [1.807, 2.05) is 20.8 Å². The SMILES string of the molecule is CCCS(=O)(=O)Nc1cnn(C(C)C)c1. The molecule has 1 heterocycles. The lowest BCUT2D eigenvalue weighted by Crippen LogP contribution is -2.15. The summed E-state index contributed by atoms with van der Waals surface area (Å²) in [5.41, 5.74) is 0.525. The van der Waals surface area contributed by atoms with Crippen LogP contribution in [0.3, 0.4) is 0 Å². The maximum Gasteiger partial charge on any atom is 0.232 e. The molecule has 0 radical (unpaired) electrons. The van der Waals surface area contributed by atoms with Gasteiger partial charge < -0.3 is 0 Å². The Bertz CT molecular complexity index is 409. The maximum atomic E-state index is 11.4. The van der Waals surface area contributed by atoms with E-state index in [-0.39, 0.29) is 11.8 Å². The van der Waals surface area contributed by atoms with Crippen LogP contribution in [0, 0.1) is 0 Å². The Morgan fingerprint density at radius 3 is 2.67 bits per heavy atom. The molecular weight excluding hydrogens is 214 g/mol. The zero-order valence-electron chi connectivity index (χ0n) is 9.27. The number of hydrogen-bond acceptors (Lipinski definition) is 3. The van der Waals surface area contributed by atoms with Gasteiger partial charge in [-0.3, -0.25) is 9.40 Å². The number of rotatable bonds is 5. The molecule has 0 aliphatic heterocycles. The molecular formula is C9H17N3O2S.